The molecule has 0 aliphatic rings. The Morgan fingerprint density at radius 1 is 1.27 bits per heavy atom. The fourth-order valence-corrected chi connectivity index (χ4v) is 3.03. The lowest BCUT2D eigenvalue weighted by Gasteiger charge is -2.17. The van der Waals surface area contributed by atoms with Crippen LogP contribution in [0.15, 0.2) is 23.6 Å². The molecule has 0 fully saturated rings. The van der Waals surface area contributed by atoms with Crippen LogP contribution in [-0.4, -0.2) is 0 Å². The number of fused-ring (bicyclic) bond motifs is 1. The molecule has 1 aromatic heterocycles. The van der Waals surface area contributed by atoms with Gasteiger partial charge >= 0.3 is 0 Å². The number of hydrogen-bond acceptors (Lipinski definition) is 2. The van der Waals surface area contributed by atoms with Gasteiger partial charge in [-0.1, -0.05) is 32.9 Å². The van der Waals surface area contributed by atoms with Crippen LogP contribution in [0.1, 0.15) is 31.9 Å². The number of nitrogens with two attached hydrogens (primary N) is 1. The Morgan fingerprint density at radius 3 is 2.60 bits per heavy atom. The molecule has 0 unspecified atom stereocenters. The maximum Gasteiger partial charge on any atom is 0.0349 e. The van der Waals surface area contributed by atoms with Crippen LogP contribution in [0, 0.1) is 0 Å². The smallest absolute Gasteiger partial charge is 0.0349 e. The standard InChI is InChI=1S/C13H17NS/c1-13(2,3)11-8-15-12-6-9(7-14)4-5-10(11)12/h4-6,8H,7,14H2,1-3H3. The van der Waals surface area contributed by atoms with Crippen molar-refractivity contribution < 1.29 is 0 Å². The van der Waals surface area contributed by atoms with Gasteiger partial charge in [0.2, 0.25) is 0 Å². The summed E-state index contributed by atoms with van der Waals surface area (Å²) in [5.74, 6) is 0. The van der Waals surface area contributed by atoms with Gasteiger partial charge in [-0.2, -0.15) is 0 Å². The quantitative estimate of drug-likeness (QED) is 0.778. The minimum absolute atomic E-state index is 0.225. The minimum atomic E-state index is 0.225. The third kappa shape index (κ3) is 1.92. The van der Waals surface area contributed by atoms with Crippen molar-refractivity contribution in [2.75, 3.05) is 0 Å². The lowest BCUT2D eigenvalue weighted by molar-refractivity contribution is 0.598. The molecule has 0 spiro atoms. The highest BCUT2D eigenvalue weighted by atomic mass is 32.1. The van der Waals surface area contributed by atoms with Gasteiger partial charge in [0.15, 0.2) is 0 Å². The van der Waals surface area contributed by atoms with Crippen molar-refractivity contribution in [3.8, 4) is 0 Å². The SMILES string of the molecule is CC(C)(C)c1csc2cc(CN)ccc12. The van der Waals surface area contributed by atoms with E-state index in [1.54, 1.807) is 0 Å². The molecule has 0 atom stereocenters. The summed E-state index contributed by atoms with van der Waals surface area (Å²) in [4.78, 5) is 0. The van der Waals surface area contributed by atoms with Gasteiger partial charge < -0.3 is 5.73 Å². The van der Waals surface area contributed by atoms with Crippen LogP contribution in [0.5, 0.6) is 0 Å². The first-order chi connectivity index (χ1) is 7.02. The lowest BCUT2D eigenvalue weighted by Crippen LogP contribution is -2.09. The second-order valence-electron chi connectivity index (χ2n) is 4.93. The van der Waals surface area contributed by atoms with Crippen molar-refractivity contribution in [2.45, 2.75) is 32.7 Å². The number of rotatable bonds is 1. The third-order valence-electron chi connectivity index (χ3n) is 2.68. The number of thiophene rings is 1. The van der Waals surface area contributed by atoms with Crippen molar-refractivity contribution in [1.29, 1.82) is 0 Å². The van der Waals surface area contributed by atoms with Gasteiger partial charge in [-0.25, -0.2) is 0 Å². The second-order valence-corrected chi connectivity index (χ2v) is 5.85. The molecule has 2 rings (SSSR count). The molecule has 15 heavy (non-hydrogen) atoms. The molecule has 0 bridgehead atoms. The molecule has 2 heteroatoms. The van der Waals surface area contributed by atoms with E-state index in [1.165, 1.54) is 21.2 Å². The molecule has 2 N–H and O–H groups in total. The van der Waals surface area contributed by atoms with Crippen molar-refractivity contribution in [2.24, 2.45) is 5.73 Å². The average Bonchev–Trinajstić information content (AvgIpc) is 2.59. The van der Waals surface area contributed by atoms with Crippen molar-refractivity contribution in [3.05, 3.63) is 34.7 Å². The monoisotopic (exact) mass is 219 g/mol. The molecule has 0 aliphatic carbocycles. The summed E-state index contributed by atoms with van der Waals surface area (Å²) < 4.78 is 1.35. The van der Waals surface area contributed by atoms with E-state index in [4.69, 9.17) is 5.73 Å². The first kappa shape index (κ1) is 10.7. The molecule has 0 radical (unpaired) electrons. The van der Waals surface area contributed by atoms with Crippen LogP contribution >= 0.6 is 11.3 Å². The van der Waals surface area contributed by atoms with Gasteiger partial charge in [-0.05, 0) is 33.4 Å². The minimum Gasteiger partial charge on any atom is -0.326 e. The van der Waals surface area contributed by atoms with Gasteiger partial charge in [0, 0.05) is 11.2 Å². The van der Waals surface area contributed by atoms with E-state index in [2.05, 4.69) is 44.4 Å². The summed E-state index contributed by atoms with van der Waals surface area (Å²) >= 11 is 1.81. The van der Waals surface area contributed by atoms with E-state index in [0.717, 1.165) is 0 Å². The topological polar surface area (TPSA) is 26.0 Å². The highest BCUT2D eigenvalue weighted by molar-refractivity contribution is 7.17. The first-order valence-corrected chi connectivity index (χ1v) is 6.11. The first-order valence-electron chi connectivity index (χ1n) is 5.23. The summed E-state index contributed by atoms with van der Waals surface area (Å²) in [6.07, 6.45) is 0. The Labute approximate surface area is 94.9 Å². The molecule has 1 aromatic carbocycles. The molecule has 1 nitrogen and oxygen atoms in total. The highest BCUT2D eigenvalue weighted by Gasteiger charge is 2.17. The normalized spacial score (nSPS) is 12.3. The summed E-state index contributed by atoms with van der Waals surface area (Å²) in [7, 11) is 0. The average molecular weight is 219 g/mol. The Bertz CT molecular complexity index is 477. The molecule has 0 saturated heterocycles. The van der Waals surface area contributed by atoms with Crippen LogP contribution in [0.4, 0.5) is 0 Å². The maximum atomic E-state index is 5.64. The summed E-state index contributed by atoms with van der Waals surface area (Å²) in [5, 5.41) is 3.65. The van der Waals surface area contributed by atoms with Crippen LogP contribution in [-0.2, 0) is 12.0 Å². The fraction of sp³-hybridized carbons (Fsp3) is 0.385. The van der Waals surface area contributed by atoms with Crippen LogP contribution < -0.4 is 5.73 Å². The summed E-state index contributed by atoms with van der Waals surface area (Å²) in [6.45, 7) is 7.39. The third-order valence-corrected chi connectivity index (χ3v) is 3.63. The Hall–Kier alpha value is -0.860. The Balaban J connectivity index is 2.62. The Kier molecular flexibility index (Phi) is 2.57. The van der Waals surface area contributed by atoms with Gasteiger partial charge in [-0.3, -0.25) is 0 Å². The largest absolute Gasteiger partial charge is 0.326 e. The maximum absolute atomic E-state index is 5.64. The predicted octanol–water partition coefficient (Wildman–Crippen LogP) is 3.66. The van der Waals surface area contributed by atoms with E-state index in [1.807, 2.05) is 11.3 Å². The number of hydrogen-bond donors (Lipinski definition) is 1. The highest BCUT2D eigenvalue weighted by Crippen LogP contribution is 2.34. The zero-order chi connectivity index (χ0) is 11.1. The molecule has 0 aliphatic heterocycles. The number of benzene rings is 1. The second kappa shape index (κ2) is 3.62. The Morgan fingerprint density at radius 2 is 2.00 bits per heavy atom. The predicted molar refractivity (Wildman–Crippen MR) is 68.4 cm³/mol. The lowest BCUT2D eigenvalue weighted by atomic mass is 9.87. The van der Waals surface area contributed by atoms with Crippen molar-refractivity contribution in [3.63, 3.8) is 0 Å². The van der Waals surface area contributed by atoms with Gasteiger partial charge in [0.25, 0.3) is 0 Å². The summed E-state index contributed by atoms with van der Waals surface area (Å²) in [5.41, 5.74) is 8.51. The zero-order valence-electron chi connectivity index (χ0n) is 9.50. The summed E-state index contributed by atoms with van der Waals surface area (Å²) in [6, 6.07) is 6.54. The van der Waals surface area contributed by atoms with E-state index in [-0.39, 0.29) is 5.41 Å². The fourth-order valence-electron chi connectivity index (χ4n) is 1.78. The molecule has 0 saturated carbocycles. The van der Waals surface area contributed by atoms with Crippen molar-refractivity contribution >= 4 is 21.4 Å². The van der Waals surface area contributed by atoms with Gasteiger partial charge in [-0.15, -0.1) is 11.3 Å². The van der Waals surface area contributed by atoms with E-state index in [9.17, 15) is 0 Å². The van der Waals surface area contributed by atoms with E-state index in [0.29, 0.717) is 6.54 Å². The molecule has 2 aromatic rings. The molecular formula is C13H17NS. The molecule has 80 valence electrons. The zero-order valence-corrected chi connectivity index (χ0v) is 10.3. The molecule has 0 amide bonds. The van der Waals surface area contributed by atoms with Gasteiger partial charge in [0.1, 0.15) is 0 Å². The van der Waals surface area contributed by atoms with E-state index >= 15 is 0 Å². The molecule has 1 heterocycles. The van der Waals surface area contributed by atoms with Crippen LogP contribution in [0.3, 0.4) is 0 Å². The van der Waals surface area contributed by atoms with Crippen LogP contribution in [0.2, 0.25) is 0 Å². The van der Waals surface area contributed by atoms with Crippen LogP contribution in [0.25, 0.3) is 10.1 Å². The van der Waals surface area contributed by atoms with E-state index < -0.39 is 0 Å². The van der Waals surface area contributed by atoms with Gasteiger partial charge in [0.05, 0.1) is 0 Å². The molecular weight excluding hydrogens is 202 g/mol. The van der Waals surface area contributed by atoms with Crippen molar-refractivity contribution in [1.82, 2.24) is 0 Å².